The van der Waals surface area contributed by atoms with Crippen LogP contribution in [0.15, 0.2) is 18.2 Å². The lowest BCUT2D eigenvalue weighted by molar-refractivity contribution is -0.141. The van der Waals surface area contributed by atoms with Gasteiger partial charge in [-0.2, -0.15) is 0 Å². The van der Waals surface area contributed by atoms with Gasteiger partial charge in [0.05, 0.1) is 12.5 Å². The van der Waals surface area contributed by atoms with Crippen molar-refractivity contribution in [2.75, 3.05) is 13.2 Å². The fourth-order valence-corrected chi connectivity index (χ4v) is 3.13. The maximum atomic E-state index is 11.1. The quantitative estimate of drug-likeness (QED) is 0.876. The van der Waals surface area contributed by atoms with Gasteiger partial charge in [0, 0.05) is 23.2 Å². The molecule has 21 heavy (non-hydrogen) atoms. The zero-order valence-corrected chi connectivity index (χ0v) is 12.6. The molecule has 1 aromatic carbocycles. The molecule has 2 aliphatic rings. The summed E-state index contributed by atoms with van der Waals surface area (Å²) in [7, 11) is 0. The Morgan fingerprint density at radius 2 is 2.24 bits per heavy atom. The summed E-state index contributed by atoms with van der Waals surface area (Å²) in [6.07, 6.45) is 4.36. The highest BCUT2D eigenvalue weighted by molar-refractivity contribution is 6.30. The fraction of sp³-hybridized carbons (Fsp3) is 0.562. The van der Waals surface area contributed by atoms with E-state index in [-0.39, 0.29) is 12.0 Å². The second kappa shape index (κ2) is 6.24. The Morgan fingerprint density at radius 3 is 2.86 bits per heavy atom. The van der Waals surface area contributed by atoms with Crippen molar-refractivity contribution < 1.29 is 14.6 Å². The van der Waals surface area contributed by atoms with Crippen LogP contribution < -0.4 is 10.1 Å². The van der Waals surface area contributed by atoms with Crippen LogP contribution in [0.2, 0.25) is 5.02 Å². The van der Waals surface area contributed by atoms with Crippen LogP contribution in [-0.2, 0) is 4.79 Å². The summed E-state index contributed by atoms with van der Waals surface area (Å²) < 4.78 is 5.96. The predicted octanol–water partition coefficient (Wildman–Crippen LogP) is 3.25. The van der Waals surface area contributed by atoms with Crippen molar-refractivity contribution in [1.29, 1.82) is 0 Å². The molecule has 1 aliphatic carbocycles. The lowest BCUT2D eigenvalue weighted by atomic mass is 9.86. The molecule has 2 N–H and O–H groups in total. The summed E-state index contributed by atoms with van der Waals surface area (Å²) in [6, 6.07) is 5.61. The molecule has 1 saturated heterocycles. The number of benzene rings is 1. The monoisotopic (exact) mass is 309 g/mol. The summed E-state index contributed by atoms with van der Waals surface area (Å²) in [5.74, 6) is 0.407. The average molecular weight is 310 g/mol. The van der Waals surface area contributed by atoms with E-state index in [1.807, 2.05) is 18.2 Å². The smallest absolute Gasteiger partial charge is 0.307 e. The second-order valence-corrected chi connectivity index (χ2v) is 6.46. The number of nitrogens with one attached hydrogen (secondary N) is 1. The first-order chi connectivity index (χ1) is 10.1. The highest BCUT2D eigenvalue weighted by atomic mass is 35.5. The molecule has 2 unspecified atom stereocenters. The van der Waals surface area contributed by atoms with Crippen molar-refractivity contribution in [2.45, 2.75) is 31.7 Å². The lowest BCUT2D eigenvalue weighted by Crippen LogP contribution is -2.21. The van der Waals surface area contributed by atoms with E-state index in [9.17, 15) is 4.79 Å². The van der Waals surface area contributed by atoms with Crippen LogP contribution in [0.1, 0.15) is 37.3 Å². The summed E-state index contributed by atoms with van der Waals surface area (Å²) in [5, 5.41) is 13.0. The standard InChI is InChI=1S/C16H20ClNO3/c17-12-4-5-15(21-9-10-2-1-3-10)13(7-12)14-6-11(8-18-14)16(19)20/h4-5,7,10-11,14,18H,1-3,6,8-9H2,(H,19,20). The molecule has 114 valence electrons. The van der Waals surface area contributed by atoms with Gasteiger partial charge in [0.25, 0.3) is 0 Å². The number of hydrogen-bond donors (Lipinski definition) is 2. The van der Waals surface area contributed by atoms with Crippen molar-refractivity contribution in [3.05, 3.63) is 28.8 Å². The Balaban J connectivity index is 1.73. The molecule has 0 radical (unpaired) electrons. The third-order valence-electron chi connectivity index (χ3n) is 4.53. The molecule has 1 aliphatic heterocycles. The average Bonchev–Trinajstić information content (AvgIpc) is 2.88. The molecule has 1 saturated carbocycles. The van der Waals surface area contributed by atoms with Crippen LogP contribution in [0.4, 0.5) is 0 Å². The molecule has 5 heteroatoms. The van der Waals surface area contributed by atoms with Crippen LogP contribution >= 0.6 is 11.6 Å². The molecule has 0 amide bonds. The van der Waals surface area contributed by atoms with E-state index in [0.717, 1.165) is 17.9 Å². The molecule has 3 rings (SSSR count). The van der Waals surface area contributed by atoms with E-state index in [0.29, 0.717) is 23.9 Å². The van der Waals surface area contributed by atoms with E-state index in [4.69, 9.17) is 21.4 Å². The minimum Gasteiger partial charge on any atom is -0.493 e. The van der Waals surface area contributed by atoms with Crippen LogP contribution in [0.25, 0.3) is 0 Å². The Hall–Kier alpha value is -1.26. The van der Waals surface area contributed by atoms with Gasteiger partial charge in [-0.05, 0) is 43.4 Å². The third-order valence-corrected chi connectivity index (χ3v) is 4.76. The van der Waals surface area contributed by atoms with E-state index < -0.39 is 5.97 Å². The number of halogens is 1. The number of hydrogen-bond acceptors (Lipinski definition) is 3. The maximum absolute atomic E-state index is 11.1. The van der Waals surface area contributed by atoms with Crippen molar-refractivity contribution in [1.82, 2.24) is 5.32 Å². The van der Waals surface area contributed by atoms with Crippen molar-refractivity contribution in [3.8, 4) is 5.75 Å². The molecule has 0 spiro atoms. The van der Waals surface area contributed by atoms with Gasteiger partial charge in [0.15, 0.2) is 0 Å². The molecule has 2 atom stereocenters. The van der Waals surface area contributed by atoms with E-state index in [2.05, 4.69) is 5.32 Å². The summed E-state index contributed by atoms with van der Waals surface area (Å²) >= 11 is 6.10. The van der Waals surface area contributed by atoms with Gasteiger partial charge in [-0.15, -0.1) is 0 Å². The van der Waals surface area contributed by atoms with Crippen molar-refractivity contribution in [3.63, 3.8) is 0 Å². The molecule has 1 aromatic rings. The minimum atomic E-state index is -0.746. The van der Waals surface area contributed by atoms with E-state index >= 15 is 0 Å². The Bertz CT molecular complexity index is 530. The zero-order valence-electron chi connectivity index (χ0n) is 11.8. The van der Waals surface area contributed by atoms with E-state index in [1.165, 1.54) is 19.3 Å². The van der Waals surface area contributed by atoms with Gasteiger partial charge in [0.2, 0.25) is 0 Å². The first kappa shape index (κ1) is 14.7. The number of carbonyl (C=O) groups is 1. The van der Waals surface area contributed by atoms with Crippen LogP contribution in [0.5, 0.6) is 5.75 Å². The third kappa shape index (κ3) is 3.33. The number of aliphatic carboxylic acids is 1. The summed E-state index contributed by atoms with van der Waals surface area (Å²) in [6.45, 7) is 1.23. The lowest BCUT2D eigenvalue weighted by Gasteiger charge is -2.26. The Morgan fingerprint density at radius 1 is 1.43 bits per heavy atom. The fourth-order valence-electron chi connectivity index (χ4n) is 2.95. The molecule has 2 fully saturated rings. The van der Waals surface area contributed by atoms with Gasteiger partial charge in [-0.25, -0.2) is 0 Å². The van der Waals surface area contributed by atoms with E-state index in [1.54, 1.807) is 0 Å². The van der Waals surface area contributed by atoms with Gasteiger partial charge >= 0.3 is 5.97 Å². The van der Waals surface area contributed by atoms with Gasteiger partial charge in [-0.1, -0.05) is 18.0 Å². The van der Waals surface area contributed by atoms with Crippen molar-refractivity contribution in [2.24, 2.45) is 11.8 Å². The first-order valence-electron chi connectivity index (χ1n) is 7.52. The number of carboxylic acid groups (broad SMARTS) is 1. The zero-order chi connectivity index (χ0) is 14.8. The SMILES string of the molecule is O=C(O)C1CNC(c2cc(Cl)ccc2OCC2CCC2)C1. The maximum Gasteiger partial charge on any atom is 0.307 e. The normalized spacial score (nSPS) is 25.6. The van der Waals surface area contributed by atoms with Crippen molar-refractivity contribution >= 4 is 17.6 Å². The van der Waals surface area contributed by atoms with Gasteiger partial charge < -0.3 is 15.2 Å². The molecular formula is C16H20ClNO3. The molecule has 0 bridgehead atoms. The highest BCUT2D eigenvalue weighted by Crippen LogP contribution is 2.36. The summed E-state index contributed by atoms with van der Waals surface area (Å²) in [5.41, 5.74) is 0.977. The number of carboxylic acids is 1. The molecule has 4 nitrogen and oxygen atoms in total. The van der Waals surface area contributed by atoms with Gasteiger partial charge in [0.1, 0.15) is 5.75 Å². The number of rotatable bonds is 5. The Kier molecular flexibility index (Phi) is 4.36. The largest absolute Gasteiger partial charge is 0.493 e. The molecule has 1 heterocycles. The highest BCUT2D eigenvalue weighted by Gasteiger charge is 2.32. The second-order valence-electron chi connectivity index (χ2n) is 6.02. The van der Waals surface area contributed by atoms with Crippen LogP contribution in [0.3, 0.4) is 0 Å². The van der Waals surface area contributed by atoms with Gasteiger partial charge in [-0.3, -0.25) is 4.79 Å². The topological polar surface area (TPSA) is 58.6 Å². The van der Waals surface area contributed by atoms with Crippen LogP contribution in [0, 0.1) is 11.8 Å². The summed E-state index contributed by atoms with van der Waals surface area (Å²) in [4.78, 5) is 11.1. The minimum absolute atomic E-state index is 0.00110. The number of ether oxygens (including phenoxy) is 1. The predicted molar refractivity (Wildman–Crippen MR) is 80.8 cm³/mol. The first-order valence-corrected chi connectivity index (χ1v) is 7.89. The molecule has 0 aromatic heterocycles. The Labute approximate surface area is 129 Å². The molecular weight excluding hydrogens is 290 g/mol. The van der Waals surface area contributed by atoms with Crippen LogP contribution in [-0.4, -0.2) is 24.2 Å².